The number of rotatable bonds is 9. The third-order valence-electron chi connectivity index (χ3n) is 4.36. The van der Waals surface area contributed by atoms with Gasteiger partial charge in [-0.2, -0.15) is 0 Å². The Bertz CT molecular complexity index is 788. The summed E-state index contributed by atoms with van der Waals surface area (Å²) in [6.07, 6.45) is 2.06. The van der Waals surface area contributed by atoms with Crippen molar-refractivity contribution in [2.24, 2.45) is 17.9 Å². The molecule has 1 amide bonds. The summed E-state index contributed by atoms with van der Waals surface area (Å²) in [6.45, 7) is 12.4. The van der Waals surface area contributed by atoms with Gasteiger partial charge in [-0.05, 0) is 17.3 Å². The molecule has 0 radical (unpaired) electrons. The number of imidazole rings is 1. The van der Waals surface area contributed by atoms with Crippen molar-refractivity contribution in [2.45, 2.75) is 71.9 Å². The number of sulfonamides is 1. The number of aliphatic hydroxyl groups excluding tert-OH is 1. The number of aliphatic hydroxyl groups is 1. The van der Waals surface area contributed by atoms with Crippen LogP contribution >= 0.6 is 0 Å². The van der Waals surface area contributed by atoms with Gasteiger partial charge in [0.25, 0.3) is 10.0 Å². The number of nitrogens with one attached hydrogen (secondary N) is 1. The Labute approximate surface area is 175 Å². The molecule has 1 atom stereocenters. The van der Waals surface area contributed by atoms with Gasteiger partial charge in [0, 0.05) is 46.2 Å². The lowest BCUT2D eigenvalue weighted by Crippen LogP contribution is -2.34. The Balaban J connectivity index is 2.71. The standard InChI is InChI=1S/C20H38N4O4S/c1-19(2,3)11-15(25)13-21-29(27,28)17-14-24(8)16(22-17)9-10-23(7)18(26)12-20(4,5)6/h14-15,21,25H,9-13H2,1-8H3. The predicted molar refractivity (Wildman–Crippen MR) is 114 cm³/mol. The summed E-state index contributed by atoms with van der Waals surface area (Å²) in [5, 5.41) is 9.96. The number of aromatic nitrogens is 2. The van der Waals surface area contributed by atoms with E-state index in [9.17, 15) is 18.3 Å². The number of nitrogens with zero attached hydrogens (tertiary/aromatic N) is 3. The SMILES string of the molecule is CN(CCc1nc(S(=O)(=O)NCC(O)CC(C)(C)C)cn1C)C(=O)CC(C)(C)C. The second kappa shape index (κ2) is 9.57. The number of hydrogen-bond donors (Lipinski definition) is 2. The van der Waals surface area contributed by atoms with Crippen LogP contribution in [0.2, 0.25) is 0 Å². The topological polar surface area (TPSA) is 105 Å². The highest BCUT2D eigenvalue weighted by atomic mass is 32.2. The molecule has 1 aromatic heterocycles. The molecule has 29 heavy (non-hydrogen) atoms. The van der Waals surface area contributed by atoms with Crippen LogP contribution in [0.15, 0.2) is 11.2 Å². The smallest absolute Gasteiger partial charge is 0.259 e. The summed E-state index contributed by atoms with van der Waals surface area (Å²) in [5.74, 6) is 0.630. The van der Waals surface area contributed by atoms with Crippen molar-refractivity contribution < 1.29 is 18.3 Å². The predicted octanol–water partition coefficient (Wildman–Crippen LogP) is 1.93. The Morgan fingerprint density at radius 3 is 2.34 bits per heavy atom. The summed E-state index contributed by atoms with van der Waals surface area (Å²) < 4.78 is 29.1. The Kier molecular flexibility index (Phi) is 8.45. The third-order valence-corrected chi connectivity index (χ3v) is 5.65. The van der Waals surface area contributed by atoms with Crippen LogP contribution < -0.4 is 4.72 Å². The van der Waals surface area contributed by atoms with Crippen LogP contribution in [0.1, 0.15) is 60.2 Å². The molecule has 8 nitrogen and oxygen atoms in total. The molecule has 0 saturated carbocycles. The van der Waals surface area contributed by atoms with E-state index in [1.807, 2.05) is 41.5 Å². The van der Waals surface area contributed by atoms with E-state index in [0.717, 1.165) is 0 Å². The molecule has 1 unspecified atom stereocenters. The summed E-state index contributed by atoms with van der Waals surface area (Å²) in [5.41, 5.74) is -0.182. The zero-order valence-corrected chi connectivity index (χ0v) is 19.9. The minimum atomic E-state index is -3.81. The first kappa shape index (κ1) is 25.6. The number of carbonyl (C=O) groups excluding carboxylic acids is 1. The summed E-state index contributed by atoms with van der Waals surface area (Å²) in [7, 11) is -0.342. The van der Waals surface area contributed by atoms with Gasteiger partial charge in [0.1, 0.15) is 5.82 Å². The molecule has 1 rings (SSSR count). The zero-order chi connectivity index (χ0) is 22.6. The summed E-state index contributed by atoms with van der Waals surface area (Å²) in [6, 6.07) is 0. The van der Waals surface area contributed by atoms with Crippen molar-refractivity contribution in [3.63, 3.8) is 0 Å². The number of hydrogen-bond acceptors (Lipinski definition) is 5. The second-order valence-corrected chi connectivity index (χ2v) is 11.9. The summed E-state index contributed by atoms with van der Waals surface area (Å²) in [4.78, 5) is 18.1. The summed E-state index contributed by atoms with van der Waals surface area (Å²) >= 11 is 0. The molecule has 168 valence electrons. The number of amides is 1. The molecule has 0 spiro atoms. The number of likely N-dealkylation sites (N-methyl/N-ethyl adjacent to an activating group) is 1. The van der Waals surface area contributed by atoms with Gasteiger partial charge in [0.15, 0.2) is 5.03 Å². The van der Waals surface area contributed by atoms with Crippen LogP contribution in [-0.4, -0.2) is 60.1 Å². The molecule has 0 aliphatic carbocycles. The molecule has 0 aliphatic heterocycles. The van der Waals surface area contributed by atoms with Gasteiger partial charge in [-0.3, -0.25) is 4.79 Å². The van der Waals surface area contributed by atoms with Crippen LogP contribution in [0.5, 0.6) is 0 Å². The third kappa shape index (κ3) is 9.27. The lowest BCUT2D eigenvalue weighted by atomic mass is 9.89. The first-order chi connectivity index (χ1) is 13.0. The van der Waals surface area contributed by atoms with Crippen molar-refractivity contribution in [1.82, 2.24) is 19.2 Å². The highest BCUT2D eigenvalue weighted by molar-refractivity contribution is 7.89. The van der Waals surface area contributed by atoms with Gasteiger partial charge in [-0.15, -0.1) is 0 Å². The van der Waals surface area contributed by atoms with Crippen LogP contribution in [0, 0.1) is 10.8 Å². The average Bonchev–Trinajstić information content (AvgIpc) is 2.89. The zero-order valence-electron chi connectivity index (χ0n) is 19.1. The fraction of sp³-hybridized carbons (Fsp3) is 0.800. The monoisotopic (exact) mass is 430 g/mol. The van der Waals surface area contributed by atoms with E-state index in [2.05, 4.69) is 9.71 Å². The van der Waals surface area contributed by atoms with Crippen LogP contribution in [0.3, 0.4) is 0 Å². The molecule has 1 heterocycles. The van der Waals surface area contributed by atoms with E-state index < -0.39 is 16.1 Å². The van der Waals surface area contributed by atoms with Gasteiger partial charge in [-0.25, -0.2) is 18.1 Å². The fourth-order valence-corrected chi connectivity index (χ4v) is 3.96. The van der Waals surface area contributed by atoms with Crippen LogP contribution in [0.4, 0.5) is 0 Å². The second-order valence-electron chi connectivity index (χ2n) is 10.2. The van der Waals surface area contributed by atoms with Crippen molar-refractivity contribution in [2.75, 3.05) is 20.1 Å². The number of carbonyl (C=O) groups is 1. The lowest BCUT2D eigenvalue weighted by Gasteiger charge is -2.23. The van der Waals surface area contributed by atoms with Crippen molar-refractivity contribution in [1.29, 1.82) is 0 Å². The average molecular weight is 431 g/mol. The van der Waals surface area contributed by atoms with E-state index in [-0.39, 0.29) is 28.3 Å². The Hall–Kier alpha value is -1.45. The highest BCUT2D eigenvalue weighted by Crippen LogP contribution is 2.21. The number of aryl methyl sites for hydroxylation is 1. The minimum Gasteiger partial charge on any atom is -0.392 e. The van der Waals surface area contributed by atoms with Crippen molar-refractivity contribution >= 4 is 15.9 Å². The molecule has 0 bridgehead atoms. The molecule has 0 saturated heterocycles. The maximum absolute atomic E-state index is 12.5. The maximum Gasteiger partial charge on any atom is 0.259 e. The molecule has 0 fully saturated rings. The molecule has 0 aliphatic rings. The van der Waals surface area contributed by atoms with Gasteiger partial charge in [0.2, 0.25) is 5.91 Å². The van der Waals surface area contributed by atoms with Gasteiger partial charge in [-0.1, -0.05) is 41.5 Å². The van der Waals surface area contributed by atoms with E-state index in [1.165, 1.54) is 6.20 Å². The molecular weight excluding hydrogens is 392 g/mol. The molecule has 9 heteroatoms. The van der Waals surface area contributed by atoms with Crippen molar-refractivity contribution in [3.8, 4) is 0 Å². The largest absolute Gasteiger partial charge is 0.392 e. The first-order valence-electron chi connectivity index (χ1n) is 9.94. The molecular formula is C20H38N4O4S. The Morgan fingerprint density at radius 1 is 1.24 bits per heavy atom. The van der Waals surface area contributed by atoms with Gasteiger partial charge in [0.05, 0.1) is 6.10 Å². The Morgan fingerprint density at radius 2 is 1.83 bits per heavy atom. The van der Waals surface area contributed by atoms with E-state index >= 15 is 0 Å². The van der Waals surface area contributed by atoms with Crippen LogP contribution in [-0.2, 0) is 28.3 Å². The van der Waals surface area contributed by atoms with E-state index in [0.29, 0.717) is 31.6 Å². The van der Waals surface area contributed by atoms with Crippen molar-refractivity contribution in [3.05, 3.63) is 12.0 Å². The van der Waals surface area contributed by atoms with Gasteiger partial charge < -0.3 is 14.6 Å². The first-order valence-corrected chi connectivity index (χ1v) is 11.4. The normalized spacial score (nSPS) is 14.1. The maximum atomic E-state index is 12.5. The quantitative estimate of drug-likeness (QED) is 0.623. The molecule has 2 N–H and O–H groups in total. The van der Waals surface area contributed by atoms with Crippen LogP contribution in [0.25, 0.3) is 0 Å². The minimum absolute atomic E-state index is 0.0501. The van der Waals surface area contributed by atoms with E-state index in [4.69, 9.17) is 0 Å². The lowest BCUT2D eigenvalue weighted by molar-refractivity contribution is -0.131. The molecule has 0 aromatic carbocycles. The molecule has 1 aromatic rings. The fourth-order valence-electron chi connectivity index (χ4n) is 2.88. The van der Waals surface area contributed by atoms with Gasteiger partial charge >= 0.3 is 0 Å². The highest BCUT2D eigenvalue weighted by Gasteiger charge is 2.23. The van der Waals surface area contributed by atoms with E-state index in [1.54, 1.807) is 23.6 Å².